The number of urea groups is 1. The highest BCUT2D eigenvalue weighted by Gasteiger charge is 2.37. The zero-order chi connectivity index (χ0) is 13.1. The first kappa shape index (κ1) is 13.2. The third-order valence-corrected chi connectivity index (χ3v) is 5.02. The minimum absolute atomic E-state index is 0.162. The summed E-state index contributed by atoms with van der Waals surface area (Å²) in [5.41, 5.74) is 0. The minimum atomic E-state index is 0.162. The summed E-state index contributed by atoms with van der Waals surface area (Å²) >= 11 is 0. The summed E-state index contributed by atoms with van der Waals surface area (Å²) in [6.45, 7) is 2.61. The lowest BCUT2D eigenvalue weighted by atomic mass is 9.92. The summed E-state index contributed by atoms with van der Waals surface area (Å²) in [5.74, 6) is 0.776. The molecular formula is C15H26N2O2. The maximum atomic E-state index is 12.3. The van der Waals surface area contributed by atoms with Crippen molar-refractivity contribution in [1.82, 2.24) is 10.2 Å². The van der Waals surface area contributed by atoms with Gasteiger partial charge in [-0.05, 0) is 50.9 Å². The molecule has 1 N–H and O–H groups in total. The van der Waals surface area contributed by atoms with Crippen LogP contribution in [0.2, 0.25) is 0 Å². The van der Waals surface area contributed by atoms with Crippen molar-refractivity contribution in [1.29, 1.82) is 0 Å². The summed E-state index contributed by atoms with van der Waals surface area (Å²) in [6, 6.07) is 0.686. The van der Waals surface area contributed by atoms with E-state index < -0.39 is 0 Å². The number of fused-ring (bicyclic) bond motifs is 1. The molecule has 0 aromatic rings. The van der Waals surface area contributed by atoms with Crippen molar-refractivity contribution in [2.45, 2.75) is 63.5 Å². The topological polar surface area (TPSA) is 41.6 Å². The number of likely N-dealkylation sites (tertiary alicyclic amines) is 1. The van der Waals surface area contributed by atoms with E-state index in [0.717, 1.165) is 38.5 Å². The summed E-state index contributed by atoms with van der Waals surface area (Å²) < 4.78 is 5.58. The molecule has 0 bridgehead atoms. The SMILES string of the molecule is O=C(NCCC1CCCO1)N1CCCC2CCCC21. The number of nitrogens with one attached hydrogen (secondary N) is 1. The van der Waals surface area contributed by atoms with Gasteiger partial charge in [-0.3, -0.25) is 0 Å². The van der Waals surface area contributed by atoms with Crippen molar-refractivity contribution < 1.29 is 9.53 Å². The van der Waals surface area contributed by atoms with E-state index in [9.17, 15) is 4.79 Å². The van der Waals surface area contributed by atoms with Crippen LogP contribution >= 0.6 is 0 Å². The molecule has 2 amide bonds. The summed E-state index contributed by atoms with van der Waals surface area (Å²) in [7, 11) is 0. The second-order valence-electron chi connectivity index (χ2n) is 6.25. The van der Waals surface area contributed by atoms with Crippen LogP contribution in [0.25, 0.3) is 0 Å². The molecule has 3 aliphatic rings. The molecule has 3 atom stereocenters. The maximum Gasteiger partial charge on any atom is 0.317 e. The van der Waals surface area contributed by atoms with Crippen molar-refractivity contribution in [2.24, 2.45) is 5.92 Å². The molecule has 108 valence electrons. The Bertz CT molecular complexity index is 315. The number of carbonyl (C=O) groups excluding carboxylic acids is 1. The van der Waals surface area contributed by atoms with E-state index in [-0.39, 0.29) is 6.03 Å². The van der Waals surface area contributed by atoms with Crippen LogP contribution in [0.5, 0.6) is 0 Å². The zero-order valence-electron chi connectivity index (χ0n) is 11.8. The smallest absolute Gasteiger partial charge is 0.317 e. The number of nitrogens with zero attached hydrogens (tertiary/aromatic N) is 1. The van der Waals surface area contributed by atoms with Gasteiger partial charge in [-0.15, -0.1) is 0 Å². The average molecular weight is 266 g/mol. The Hall–Kier alpha value is -0.770. The largest absolute Gasteiger partial charge is 0.378 e. The van der Waals surface area contributed by atoms with Gasteiger partial charge in [-0.1, -0.05) is 6.42 Å². The Morgan fingerprint density at radius 3 is 2.89 bits per heavy atom. The van der Waals surface area contributed by atoms with Crippen LogP contribution in [0, 0.1) is 5.92 Å². The normalized spacial score (nSPS) is 34.3. The molecule has 0 radical (unpaired) electrons. The summed E-state index contributed by atoms with van der Waals surface area (Å²) in [4.78, 5) is 14.4. The fourth-order valence-electron chi connectivity index (χ4n) is 4.02. The molecule has 3 unspecified atom stereocenters. The van der Waals surface area contributed by atoms with Gasteiger partial charge in [0.15, 0.2) is 0 Å². The molecule has 0 aromatic heterocycles. The third-order valence-electron chi connectivity index (χ3n) is 5.02. The molecule has 1 aliphatic carbocycles. The van der Waals surface area contributed by atoms with E-state index in [1.807, 2.05) is 0 Å². The van der Waals surface area contributed by atoms with Crippen molar-refractivity contribution >= 4 is 6.03 Å². The highest BCUT2D eigenvalue weighted by molar-refractivity contribution is 5.74. The minimum Gasteiger partial charge on any atom is -0.378 e. The fraction of sp³-hybridized carbons (Fsp3) is 0.933. The second kappa shape index (κ2) is 6.12. The molecule has 19 heavy (non-hydrogen) atoms. The first-order valence-electron chi connectivity index (χ1n) is 8.00. The number of hydrogen-bond donors (Lipinski definition) is 1. The van der Waals surface area contributed by atoms with Crippen LogP contribution in [0.4, 0.5) is 4.79 Å². The molecule has 3 fully saturated rings. The summed E-state index contributed by atoms with van der Waals surface area (Å²) in [5, 5.41) is 3.10. The number of amides is 2. The average Bonchev–Trinajstić information content (AvgIpc) is 3.08. The lowest BCUT2D eigenvalue weighted by Gasteiger charge is -2.37. The Morgan fingerprint density at radius 1 is 1.16 bits per heavy atom. The van der Waals surface area contributed by atoms with E-state index in [1.54, 1.807) is 0 Å². The van der Waals surface area contributed by atoms with Gasteiger partial charge in [0, 0.05) is 25.7 Å². The molecule has 1 saturated carbocycles. The zero-order valence-corrected chi connectivity index (χ0v) is 11.8. The second-order valence-corrected chi connectivity index (χ2v) is 6.25. The fourth-order valence-corrected chi connectivity index (χ4v) is 4.02. The molecule has 0 spiro atoms. The molecule has 2 aliphatic heterocycles. The van der Waals surface area contributed by atoms with Gasteiger partial charge < -0.3 is 15.0 Å². The lowest BCUT2D eigenvalue weighted by molar-refractivity contribution is 0.101. The van der Waals surface area contributed by atoms with Crippen LogP contribution in [-0.2, 0) is 4.74 Å². The van der Waals surface area contributed by atoms with E-state index in [1.165, 1.54) is 38.5 Å². The Balaban J connectivity index is 1.43. The number of rotatable bonds is 3. The van der Waals surface area contributed by atoms with Gasteiger partial charge in [0.25, 0.3) is 0 Å². The van der Waals surface area contributed by atoms with Crippen molar-refractivity contribution in [2.75, 3.05) is 19.7 Å². The highest BCUT2D eigenvalue weighted by atomic mass is 16.5. The Labute approximate surface area is 115 Å². The van der Waals surface area contributed by atoms with E-state index in [2.05, 4.69) is 10.2 Å². The number of piperidine rings is 1. The molecule has 2 heterocycles. The monoisotopic (exact) mass is 266 g/mol. The highest BCUT2D eigenvalue weighted by Crippen LogP contribution is 2.36. The molecule has 0 aromatic carbocycles. The van der Waals surface area contributed by atoms with Crippen LogP contribution < -0.4 is 5.32 Å². The van der Waals surface area contributed by atoms with Gasteiger partial charge in [-0.25, -0.2) is 4.79 Å². The van der Waals surface area contributed by atoms with Gasteiger partial charge in [0.05, 0.1) is 6.10 Å². The Morgan fingerprint density at radius 2 is 2.05 bits per heavy atom. The predicted octanol–water partition coefficient (Wildman–Crippen LogP) is 2.53. The van der Waals surface area contributed by atoms with Gasteiger partial charge in [-0.2, -0.15) is 0 Å². The van der Waals surface area contributed by atoms with Crippen LogP contribution in [0.3, 0.4) is 0 Å². The van der Waals surface area contributed by atoms with Crippen molar-refractivity contribution in [3.8, 4) is 0 Å². The molecular weight excluding hydrogens is 240 g/mol. The quantitative estimate of drug-likeness (QED) is 0.853. The van der Waals surface area contributed by atoms with Crippen LogP contribution in [0.15, 0.2) is 0 Å². The number of carbonyl (C=O) groups is 1. The molecule has 4 heteroatoms. The van der Waals surface area contributed by atoms with E-state index in [4.69, 9.17) is 4.74 Å². The predicted molar refractivity (Wildman–Crippen MR) is 74.1 cm³/mol. The van der Waals surface area contributed by atoms with Gasteiger partial charge in [0.1, 0.15) is 0 Å². The standard InChI is InChI=1S/C15H26N2O2/c18-15(16-9-8-13-6-3-11-19-13)17-10-2-5-12-4-1-7-14(12)17/h12-14H,1-11H2,(H,16,18). The van der Waals surface area contributed by atoms with Crippen molar-refractivity contribution in [3.63, 3.8) is 0 Å². The van der Waals surface area contributed by atoms with Gasteiger partial charge in [0.2, 0.25) is 0 Å². The molecule has 4 nitrogen and oxygen atoms in total. The van der Waals surface area contributed by atoms with Crippen molar-refractivity contribution in [3.05, 3.63) is 0 Å². The van der Waals surface area contributed by atoms with Gasteiger partial charge >= 0.3 is 6.03 Å². The first-order valence-corrected chi connectivity index (χ1v) is 8.00. The van der Waals surface area contributed by atoms with E-state index >= 15 is 0 Å². The maximum absolute atomic E-state index is 12.3. The van der Waals surface area contributed by atoms with Crippen LogP contribution in [-0.4, -0.2) is 42.8 Å². The van der Waals surface area contributed by atoms with Crippen LogP contribution in [0.1, 0.15) is 51.4 Å². The molecule has 3 rings (SSSR count). The van der Waals surface area contributed by atoms with E-state index in [0.29, 0.717) is 12.1 Å². The first-order chi connectivity index (χ1) is 9.34. The molecule has 2 saturated heterocycles. The lowest BCUT2D eigenvalue weighted by Crippen LogP contribution is -2.50. The third kappa shape index (κ3) is 3.04. The number of hydrogen-bond acceptors (Lipinski definition) is 2. The Kier molecular flexibility index (Phi) is 4.26. The number of ether oxygens (including phenoxy) is 1. The summed E-state index contributed by atoms with van der Waals surface area (Å²) in [6.07, 6.45) is 10.0.